The van der Waals surface area contributed by atoms with Crippen molar-refractivity contribution >= 4 is 0 Å². The number of piperazine rings is 1. The second-order valence-electron chi connectivity index (χ2n) is 7.47. The lowest BCUT2D eigenvalue weighted by molar-refractivity contribution is 0.0505. The molecule has 4 heteroatoms. The highest BCUT2D eigenvalue weighted by Gasteiger charge is 2.18. The quantitative estimate of drug-likeness (QED) is 0.869. The molecule has 1 aromatic rings. The summed E-state index contributed by atoms with van der Waals surface area (Å²) in [7, 11) is 2.15. The number of ether oxygens (including phenoxy) is 1. The van der Waals surface area contributed by atoms with E-state index in [2.05, 4.69) is 41.1 Å². The van der Waals surface area contributed by atoms with Crippen LogP contribution in [0.1, 0.15) is 43.6 Å². The predicted octanol–water partition coefficient (Wildman–Crippen LogP) is 2.72. The van der Waals surface area contributed by atoms with Crippen LogP contribution in [0.5, 0.6) is 5.75 Å². The van der Waals surface area contributed by atoms with Gasteiger partial charge in [-0.3, -0.25) is 4.90 Å². The summed E-state index contributed by atoms with van der Waals surface area (Å²) in [4.78, 5) is 4.65. The van der Waals surface area contributed by atoms with Crippen LogP contribution in [-0.2, 0) is 0 Å². The van der Waals surface area contributed by atoms with E-state index in [0.717, 1.165) is 37.8 Å². The van der Waals surface area contributed by atoms with Crippen molar-refractivity contribution in [1.82, 2.24) is 9.80 Å². The largest absolute Gasteiger partial charge is 0.491 e. The van der Waals surface area contributed by atoms with Gasteiger partial charge in [0.15, 0.2) is 0 Å². The van der Waals surface area contributed by atoms with E-state index in [-0.39, 0.29) is 0 Å². The number of rotatable bonds is 6. The van der Waals surface area contributed by atoms with Crippen LogP contribution in [0.2, 0.25) is 0 Å². The van der Waals surface area contributed by atoms with Gasteiger partial charge in [-0.15, -0.1) is 0 Å². The van der Waals surface area contributed by atoms with Crippen LogP contribution in [-0.4, -0.2) is 67.4 Å². The third-order valence-electron chi connectivity index (χ3n) is 5.46. The van der Waals surface area contributed by atoms with Gasteiger partial charge in [0.05, 0.1) is 0 Å². The number of hydrogen-bond donors (Lipinski definition) is 1. The Labute approximate surface area is 146 Å². The van der Waals surface area contributed by atoms with Crippen molar-refractivity contribution in [2.24, 2.45) is 0 Å². The second-order valence-corrected chi connectivity index (χ2v) is 7.47. The number of β-amino-alcohol motifs (C(OH)–C–C–N with tert-alkyl or cyclic N) is 1. The first-order chi connectivity index (χ1) is 11.7. The fourth-order valence-electron chi connectivity index (χ4n) is 3.85. The highest BCUT2D eigenvalue weighted by Crippen LogP contribution is 2.33. The third kappa shape index (κ3) is 5.20. The molecule has 0 bridgehead atoms. The van der Waals surface area contributed by atoms with E-state index >= 15 is 0 Å². The molecule has 1 aliphatic heterocycles. The first-order valence-electron chi connectivity index (χ1n) is 9.52. The van der Waals surface area contributed by atoms with Gasteiger partial charge in [0.25, 0.3) is 0 Å². The number of benzene rings is 1. The molecule has 1 N–H and O–H groups in total. The van der Waals surface area contributed by atoms with Crippen LogP contribution >= 0.6 is 0 Å². The summed E-state index contributed by atoms with van der Waals surface area (Å²) in [6.45, 7) is 5.29. The molecule has 3 rings (SSSR count). The van der Waals surface area contributed by atoms with Gasteiger partial charge in [0.1, 0.15) is 18.5 Å². The van der Waals surface area contributed by atoms with E-state index in [0.29, 0.717) is 13.2 Å². The average molecular weight is 332 g/mol. The van der Waals surface area contributed by atoms with Gasteiger partial charge in [-0.25, -0.2) is 0 Å². The molecule has 1 heterocycles. The van der Waals surface area contributed by atoms with Crippen LogP contribution < -0.4 is 4.74 Å². The molecule has 134 valence electrons. The number of hydrogen-bond acceptors (Lipinski definition) is 4. The molecule has 2 aliphatic rings. The molecule has 0 radical (unpaired) electrons. The predicted molar refractivity (Wildman–Crippen MR) is 97.7 cm³/mol. The maximum atomic E-state index is 10.2. The van der Waals surface area contributed by atoms with Gasteiger partial charge < -0.3 is 14.7 Å². The zero-order valence-electron chi connectivity index (χ0n) is 15.0. The molecule has 1 aromatic carbocycles. The van der Waals surface area contributed by atoms with Crippen molar-refractivity contribution in [3.8, 4) is 5.75 Å². The van der Waals surface area contributed by atoms with Gasteiger partial charge in [0, 0.05) is 32.7 Å². The smallest absolute Gasteiger partial charge is 0.119 e. The molecule has 4 nitrogen and oxygen atoms in total. The number of aliphatic hydroxyl groups excluding tert-OH is 1. The SMILES string of the molecule is CN1CCN(C[C@H](O)COc2ccc(C3CCCCC3)cc2)CC1. The van der Waals surface area contributed by atoms with Gasteiger partial charge in [-0.05, 0) is 43.5 Å². The lowest BCUT2D eigenvalue weighted by Crippen LogP contribution is -2.47. The summed E-state index contributed by atoms with van der Waals surface area (Å²) in [6.07, 6.45) is 6.34. The third-order valence-corrected chi connectivity index (χ3v) is 5.46. The molecule has 1 aliphatic carbocycles. The van der Waals surface area contributed by atoms with E-state index in [9.17, 15) is 5.11 Å². The van der Waals surface area contributed by atoms with Crippen molar-refractivity contribution in [3.63, 3.8) is 0 Å². The van der Waals surface area contributed by atoms with Crippen molar-refractivity contribution in [2.75, 3.05) is 46.4 Å². The second kappa shape index (κ2) is 8.84. The van der Waals surface area contributed by atoms with Gasteiger partial charge in [-0.2, -0.15) is 0 Å². The maximum Gasteiger partial charge on any atom is 0.119 e. The van der Waals surface area contributed by atoms with E-state index in [4.69, 9.17) is 4.74 Å². The summed E-state index contributed by atoms with van der Waals surface area (Å²) < 4.78 is 5.79. The molecule has 24 heavy (non-hydrogen) atoms. The summed E-state index contributed by atoms with van der Waals surface area (Å²) >= 11 is 0. The van der Waals surface area contributed by atoms with Crippen molar-refractivity contribution in [2.45, 2.75) is 44.1 Å². The molecule has 1 saturated carbocycles. The maximum absolute atomic E-state index is 10.2. The minimum absolute atomic E-state index is 0.370. The Hall–Kier alpha value is -1.10. The standard InChI is InChI=1S/C20H32N2O2/c1-21-11-13-22(14-12-21)15-19(23)16-24-20-9-7-18(8-10-20)17-5-3-2-4-6-17/h7-10,17,19,23H,2-6,11-16H2,1H3/t19-/m0/s1. The van der Waals surface area contributed by atoms with Crippen LogP contribution in [0.25, 0.3) is 0 Å². The van der Waals surface area contributed by atoms with Gasteiger partial charge in [-0.1, -0.05) is 31.4 Å². The average Bonchev–Trinajstić information content (AvgIpc) is 2.63. The van der Waals surface area contributed by atoms with Crippen LogP contribution in [0, 0.1) is 0 Å². The minimum Gasteiger partial charge on any atom is -0.491 e. The van der Waals surface area contributed by atoms with Crippen LogP contribution in [0.3, 0.4) is 0 Å². The molecular weight excluding hydrogens is 300 g/mol. The number of aliphatic hydroxyl groups is 1. The Morgan fingerprint density at radius 3 is 2.38 bits per heavy atom. The Balaban J connectivity index is 1.41. The molecule has 2 fully saturated rings. The zero-order valence-corrected chi connectivity index (χ0v) is 15.0. The summed E-state index contributed by atoms with van der Waals surface area (Å²) in [5.74, 6) is 1.60. The molecule has 1 atom stereocenters. The first kappa shape index (κ1) is 17.7. The monoisotopic (exact) mass is 332 g/mol. The summed E-state index contributed by atoms with van der Waals surface area (Å²) in [5, 5.41) is 10.2. The molecular formula is C20H32N2O2. The van der Waals surface area contributed by atoms with Crippen molar-refractivity contribution < 1.29 is 9.84 Å². The highest BCUT2D eigenvalue weighted by molar-refractivity contribution is 5.29. The van der Waals surface area contributed by atoms with Crippen LogP contribution in [0.15, 0.2) is 24.3 Å². The topological polar surface area (TPSA) is 35.9 Å². The number of nitrogens with zero attached hydrogens (tertiary/aromatic N) is 2. The van der Waals surface area contributed by atoms with Crippen molar-refractivity contribution in [1.29, 1.82) is 0 Å². The van der Waals surface area contributed by atoms with Crippen LogP contribution in [0.4, 0.5) is 0 Å². The Morgan fingerprint density at radius 1 is 1.04 bits per heavy atom. The summed E-state index contributed by atoms with van der Waals surface area (Å²) in [5.41, 5.74) is 1.44. The molecule has 0 amide bonds. The lowest BCUT2D eigenvalue weighted by Gasteiger charge is -2.33. The molecule has 0 aromatic heterocycles. The normalized spacial score (nSPS) is 22.4. The fourth-order valence-corrected chi connectivity index (χ4v) is 3.85. The molecule has 0 spiro atoms. The fraction of sp³-hybridized carbons (Fsp3) is 0.700. The number of likely N-dealkylation sites (N-methyl/N-ethyl adjacent to an activating group) is 1. The highest BCUT2D eigenvalue weighted by atomic mass is 16.5. The molecule has 0 unspecified atom stereocenters. The van der Waals surface area contributed by atoms with Gasteiger partial charge in [0.2, 0.25) is 0 Å². The van der Waals surface area contributed by atoms with E-state index < -0.39 is 6.10 Å². The lowest BCUT2D eigenvalue weighted by atomic mass is 9.84. The first-order valence-corrected chi connectivity index (χ1v) is 9.52. The zero-order chi connectivity index (χ0) is 16.8. The van der Waals surface area contributed by atoms with E-state index in [1.165, 1.54) is 37.7 Å². The Kier molecular flexibility index (Phi) is 6.52. The van der Waals surface area contributed by atoms with Gasteiger partial charge >= 0.3 is 0 Å². The van der Waals surface area contributed by atoms with E-state index in [1.807, 2.05) is 0 Å². The Bertz CT molecular complexity index is 477. The molecule has 1 saturated heterocycles. The Morgan fingerprint density at radius 2 is 1.71 bits per heavy atom. The van der Waals surface area contributed by atoms with Crippen molar-refractivity contribution in [3.05, 3.63) is 29.8 Å². The minimum atomic E-state index is -0.425. The summed E-state index contributed by atoms with van der Waals surface area (Å²) in [6, 6.07) is 8.54. The van der Waals surface area contributed by atoms with E-state index in [1.54, 1.807) is 0 Å².